The molecule has 0 spiro atoms. The summed E-state index contributed by atoms with van der Waals surface area (Å²) in [5.74, 6) is 0.560. The van der Waals surface area contributed by atoms with Gasteiger partial charge in [0.05, 0.1) is 30.6 Å². The molecule has 0 bridgehead atoms. The average molecular weight is 618 g/mol. The van der Waals surface area contributed by atoms with E-state index in [4.69, 9.17) is 23.6 Å². The number of fused-ring (bicyclic) bond motifs is 1. The Balaban J connectivity index is 1.72. The van der Waals surface area contributed by atoms with Crippen molar-refractivity contribution in [3.63, 3.8) is 0 Å². The molecule has 12 heteroatoms. The Labute approximate surface area is 261 Å². The van der Waals surface area contributed by atoms with E-state index in [1.54, 1.807) is 73.2 Å². The Bertz CT molecular complexity index is 1680. The minimum Gasteiger partial charge on any atom is -0.496 e. The number of carbonyl (C=O) groups excluding carboxylic acids is 3. The predicted octanol–water partition coefficient (Wildman–Crippen LogP) is 7.05. The van der Waals surface area contributed by atoms with Gasteiger partial charge in [-0.3, -0.25) is 9.78 Å². The molecule has 0 saturated heterocycles. The minimum atomic E-state index is -0.812. The number of ketones is 1. The lowest BCUT2D eigenvalue weighted by Crippen LogP contribution is -2.37. The van der Waals surface area contributed by atoms with Gasteiger partial charge in [-0.2, -0.15) is 0 Å². The molecule has 4 aromatic rings. The number of aromatic nitrogens is 4. The van der Waals surface area contributed by atoms with Crippen LogP contribution in [0.15, 0.2) is 65.7 Å². The monoisotopic (exact) mass is 617 g/mol. The van der Waals surface area contributed by atoms with Crippen LogP contribution in [0.4, 0.5) is 9.59 Å². The van der Waals surface area contributed by atoms with Crippen molar-refractivity contribution in [2.24, 2.45) is 0 Å². The highest BCUT2D eigenvalue weighted by Crippen LogP contribution is 2.34. The summed E-state index contributed by atoms with van der Waals surface area (Å²) in [7, 11) is 1.55. The molecule has 12 nitrogen and oxygen atoms in total. The Hall–Kier alpha value is -5.00. The highest BCUT2D eigenvalue weighted by molar-refractivity contribution is 5.91. The van der Waals surface area contributed by atoms with Crippen molar-refractivity contribution in [2.45, 2.75) is 78.0 Å². The van der Waals surface area contributed by atoms with Crippen molar-refractivity contribution in [3.05, 3.63) is 73.0 Å². The molecule has 0 fully saturated rings. The van der Waals surface area contributed by atoms with Gasteiger partial charge in [0.2, 0.25) is 5.78 Å². The third-order valence-electron chi connectivity index (χ3n) is 6.27. The van der Waals surface area contributed by atoms with Gasteiger partial charge in [0.25, 0.3) is 5.89 Å². The van der Waals surface area contributed by atoms with Crippen LogP contribution in [0.2, 0.25) is 0 Å². The quantitative estimate of drug-likeness (QED) is 0.145. The summed E-state index contributed by atoms with van der Waals surface area (Å²) in [4.78, 5) is 51.9. The van der Waals surface area contributed by atoms with Crippen LogP contribution in [0, 0.1) is 0 Å². The van der Waals surface area contributed by atoms with E-state index < -0.39 is 29.4 Å². The Morgan fingerprint density at radius 3 is 2.44 bits per heavy atom. The van der Waals surface area contributed by atoms with Gasteiger partial charge in [-0.1, -0.05) is 18.2 Å². The lowest BCUT2D eigenvalue weighted by molar-refractivity contribution is 0.0473. The second kappa shape index (κ2) is 13.7. The maximum Gasteiger partial charge on any atom is 0.420 e. The van der Waals surface area contributed by atoms with Crippen LogP contribution in [0.1, 0.15) is 83.4 Å². The zero-order chi connectivity index (χ0) is 32.8. The molecule has 1 atom stereocenters. The number of alkyl carbamates (subject to hydrolysis) is 1. The van der Waals surface area contributed by atoms with Crippen molar-refractivity contribution in [3.8, 4) is 17.0 Å². The van der Waals surface area contributed by atoms with Gasteiger partial charge in [0.15, 0.2) is 0 Å². The molecular formula is C33H39N5O7. The van der Waals surface area contributed by atoms with E-state index in [0.717, 1.165) is 10.9 Å². The van der Waals surface area contributed by atoms with Crippen LogP contribution in [0.25, 0.3) is 22.2 Å². The number of allylic oxidation sites excluding steroid dienone is 1. The first-order valence-electron chi connectivity index (χ1n) is 14.6. The van der Waals surface area contributed by atoms with E-state index >= 15 is 0 Å². The second-order valence-corrected chi connectivity index (χ2v) is 12.3. The number of methoxy groups -OCH3 is 1. The summed E-state index contributed by atoms with van der Waals surface area (Å²) >= 11 is 0. The molecule has 238 valence electrons. The summed E-state index contributed by atoms with van der Waals surface area (Å²) in [6.45, 7) is 10.6. The van der Waals surface area contributed by atoms with Crippen molar-refractivity contribution in [2.75, 3.05) is 7.11 Å². The number of pyridine rings is 1. The molecule has 3 heterocycles. The molecule has 1 aromatic carbocycles. The number of amides is 1. The fraction of sp³-hybridized carbons (Fsp3) is 0.394. The van der Waals surface area contributed by atoms with Crippen molar-refractivity contribution < 1.29 is 33.0 Å². The maximum atomic E-state index is 13.5. The molecule has 1 N–H and O–H groups in total. The minimum absolute atomic E-state index is 0.0553. The lowest BCUT2D eigenvalue weighted by Gasteiger charge is -2.24. The Morgan fingerprint density at radius 1 is 1.02 bits per heavy atom. The number of hydrogen-bond acceptors (Lipinski definition) is 10. The number of benzene rings is 1. The summed E-state index contributed by atoms with van der Waals surface area (Å²) < 4.78 is 23.3. The number of rotatable bonds is 10. The molecule has 0 aliphatic heterocycles. The highest BCUT2D eigenvalue weighted by Gasteiger charge is 2.29. The van der Waals surface area contributed by atoms with Crippen LogP contribution < -0.4 is 10.1 Å². The van der Waals surface area contributed by atoms with E-state index in [9.17, 15) is 14.4 Å². The van der Waals surface area contributed by atoms with Crippen molar-refractivity contribution in [1.82, 2.24) is 24.8 Å². The van der Waals surface area contributed by atoms with Gasteiger partial charge >= 0.3 is 12.2 Å². The standard InChI is InChI=1S/C33H39N5O7/c1-32(2,3)44-30(40)37-23(13-9-8-10-14-26(39)29-35-16-17-43-29)28-36-25(20-38(28)31(41)45-33(4,5)6)22-18-21-12-11-15-34-24(21)19-27(22)42-7/h8-9,11-12,15-20,23H,10,13-14H2,1-7H3,(H,37,40)/b9-8+/t23-/m0/s1. The summed E-state index contributed by atoms with van der Waals surface area (Å²) in [6.07, 6.45) is 9.11. The summed E-state index contributed by atoms with van der Waals surface area (Å²) in [5.41, 5.74) is 0.228. The number of nitrogens with one attached hydrogen (secondary N) is 1. The van der Waals surface area contributed by atoms with Crippen LogP contribution in [-0.2, 0) is 9.47 Å². The lowest BCUT2D eigenvalue weighted by atomic mass is 10.1. The van der Waals surface area contributed by atoms with E-state index in [-0.39, 0.29) is 30.3 Å². The fourth-order valence-electron chi connectivity index (χ4n) is 4.41. The maximum absolute atomic E-state index is 13.5. The normalized spacial score (nSPS) is 12.7. The molecule has 1 amide bonds. The van der Waals surface area contributed by atoms with Crippen LogP contribution >= 0.6 is 0 Å². The Morgan fingerprint density at radius 2 is 1.78 bits per heavy atom. The van der Waals surface area contributed by atoms with Gasteiger partial charge in [0, 0.05) is 35.8 Å². The van der Waals surface area contributed by atoms with E-state index in [2.05, 4.69) is 15.3 Å². The summed E-state index contributed by atoms with van der Waals surface area (Å²) in [6, 6.07) is 6.62. The number of carbonyl (C=O) groups is 3. The van der Waals surface area contributed by atoms with Gasteiger partial charge in [-0.05, 0) is 66.5 Å². The molecule has 0 saturated carbocycles. The molecule has 0 aliphatic carbocycles. The largest absolute Gasteiger partial charge is 0.496 e. The van der Waals surface area contributed by atoms with Crippen LogP contribution in [-0.4, -0.2) is 55.8 Å². The molecule has 45 heavy (non-hydrogen) atoms. The zero-order valence-corrected chi connectivity index (χ0v) is 26.6. The van der Waals surface area contributed by atoms with E-state index in [1.807, 2.05) is 24.3 Å². The number of ether oxygens (including phenoxy) is 3. The number of nitrogens with zero attached hydrogens (tertiary/aromatic N) is 4. The third-order valence-corrected chi connectivity index (χ3v) is 6.27. The van der Waals surface area contributed by atoms with Gasteiger partial charge in [0.1, 0.15) is 29.0 Å². The van der Waals surface area contributed by atoms with Gasteiger partial charge in [-0.15, -0.1) is 0 Å². The molecular weight excluding hydrogens is 578 g/mol. The topological polar surface area (TPSA) is 148 Å². The average Bonchev–Trinajstić information content (AvgIpc) is 3.65. The summed E-state index contributed by atoms with van der Waals surface area (Å²) in [5, 5.41) is 3.71. The second-order valence-electron chi connectivity index (χ2n) is 12.3. The fourth-order valence-corrected chi connectivity index (χ4v) is 4.41. The SMILES string of the molecule is COc1cc2ncccc2cc1-c1cn(C(=O)OC(C)(C)C)c([C@H](C/C=C/CCC(=O)c2ncco2)NC(=O)OC(C)(C)C)n1. The number of hydrogen-bond donors (Lipinski definition) is 1. The van der Waals surface area contributed by atoms with Crippen molar-refractivity contribution >= 4 is 28.9 Å². The van der Waals surface area contributed by atoms with E-state index in [1.165, 1.54) is 17.0 Å². The molecule has 3 aromatic heterocycles. The first-order chi connectivity index (χ1) is 21.2. The predicted molar refractivity (Wildman–Crippen MR) is 167 cm³/mol. The first kappa shape index (κ1) is 32.9. The molecule has 4 rings (SSSR count). The van der Waals surface area contributed by atoms with Crippen LogP contribution in [0.5, 0.6) is 5.75 Å². The number of imidazole rings is 1. The highest BCUT2D eigenvalue weighted by atomic mass is 16.6. The van der Waals surface area contributed by atoms with Gasteiger partial charge < -0.3 is 23.9 Å². The van der Waals surface area contributed by atoms with Gasteiger partial charge in [-0.25, -0.2) is 24.1 Å². The van der Waals surface area contributed by atoms with Crippen molar-refractivity contribution in [1.29, 1.82) is 0 Å². The molecule has 0 radical (unpaired) electrons. The first-order valence-corrected chi connectivity index (χ1v) is 14.6. The smallest absolute Gasteiger partial charge is 0.420 e. The number of Topliss-reactive ketones (excluding diaryl/α,β-unsaturated/α-hetero) is 1. The van der Waals surface area contributed by atoms with Crippen LogP contribution in [0.3, 0.4) is 0 Å². The van der Waals surface area contributed by atoms with E-state index in [0.29, 0.717) is 23.4 Å². The molecule has 0 unspecified atom stereocenters. The molecule has 0 aliphatic rings. The zero-order valence-electron chi connectivity index (χ0n) is 26.6. The Kier molecular flexibility index (Phi) is 10.1. The number of oxazole rings is 1. The third kappa shape index (κ3) is 9.01.